The Morgan fingerprint density at radius 1 is 0.857 bits per heavy atom. The van der Waals surface area contributed by atoms with Gasteiger partial charge in [-0.15, -0.1) is 0 Å². The van der Waals surface area contributed by atoms with E-state index in [1.165, 1.54) is 70.6 Å². The lowest BCUT2D eigenvalue weighted by Crippen LogP contribution is -2.35. The van der Waals surface area contributed by atoms with Crippen LogP contribution >= 0.6 is 0 Å². The van der Waals surface area contributed by atoms with E-state index in [1.807, 2.05) is 6.08 Å². The van der Waals surface area contributed by atoms with E-state index in [1.54, 1.807) is 6.08 Å². The largest absolute Gasteiger partial charge is 0.394 e. The Balaban J connectivity index is 3.20. The minimum Gasteiger partial charge on any atom is -0.394 e. The van der Waals surface area contributed by atoms with E-state index >= 15 is 0 Å². The van der Waals surface area contributed by atoms with Gasteiger partial charge in [0.15, 0.2) is 0 Å². The summed E-state index contributed by atoms with van der Waals surface area (Å²) in [7, 11) is 0. The SMILES string of the molecule is CCCCCCCCCCCCC/C=C/[C@H](N)[C@@H](O)CO. The van der Waals surface area contributed by atoms with E-state index in [9.17, 15) is 5.11 Å². The zero-order chi connectivity index (χ0) is 15.8. The van der Waals surface area contributed by atoms with E-state index in [0.717, 1.165) is 6.42 Å². The van der Waals surface area contributed by atoms with Crippen LogP contribution in [0.25, 0.3) is 0 Å². The third-order valence-corrected chi connectivity index (χ3v) is 3.96. The molecule has 126 valence electrons. The maximum atomic E-state index is 9.29. The summed E-state index contributed by atoms with van der Waals surface area (Å²) in [4.78, 5) is 0. The molecule has 0 aliphatic carbocycles. The molecule has 4 N–H and O–H groups in total. The molecule has 0 aliphatic rings. The molecule has 0 fully saturated rings. The molecule has 2 atom stereocenters. The smallest absolute Gasteiger partial charge is 0.0957 e. The number of nitrogens with two attached hydrogens (primary N) is 1. The summed E-state index contributed by atoms with van der Waals surface area (Å²) in [6.45, 7) is 1.99. The molecule has 0 aromatic heterocycles. The Hall–Kier alpha value is -0.380. The van der Waals surface area contributed by atoms with Crippen LogP contribution in [0.1, 0.15) is 84.0 Å². The monoisotopic (exact) mass is 299 g/mol. The topological polar surface area (TPSA) is 66.5 Å². The van der Waals surface area contributed by atoms with Gasteiger partial charge in [-0.05, 0) is 12.8 Å². The summed E-state index contributed by atoms with van der Waals surface area (Å²) >= 11 is 0. The summed E-state index contributed by atoms with van der Waals surface area (Å²) in [5.41, 5.74) is 5.67. The minimum atomic E-state index is -0.835. The molecule has 0 saturated carbocycles. The summed E-state index contributed by atoms with van der Waals surface area (Å²) in [6, 6.07) is -0.442. The summed E-state index contributed by atoms with van der Waals surface area (Å²) in [5.74, 6) is 0. The lowest BCUT2D eigenvalue weighted by molar-refractivity contribution is 0.0854. The van der Waals surface area contributed by atoms with E-state index in [-0.39, 0.29) is 6.61 Å². The van der Waals surface area contributed by atoms with Crippen molar-refractivity contribution in [2.24, 2.45) is 5.73 Å². The molecule has 0 heterocycles. The molecule has 0 amide bonds. The molecule has 0 aromatic carbocycles. The van der Waals surface area contributed by atoms with Crippen LogP contribution in [0, 0.1) is 0 Å². The van der Waals surface area contributed by atoms with Crippen molar-refractivity contribution < 1.29 is 10.2 Å². The van der Waals surface area contributed by atoms with Gasteiger partial charge in [-0.25, -0.2) is 0 Å². The first-order valence-electron chi connectivity index (χ1n) is 8.93. The second kappa shape index (κ2) is 16.0. The van der Waals surface area contributed by atoms with Crippen molar-refractivity contribution in [2.45, 2.75) is 96.1 Å². The second-order valence-electron chi connectivity index (χ2n) is 6.08. The van der Waals surface area contributed by atoms with Gasteiger partial charge in [0.1, 0.15) is 0 Å². The maximum absolute atomic E-state index is 9.29. The summed E-state index contributed by atoms with van der Waals surface area (Å²) in [5, 5.41) is 18.0. The van der Waals surface area contributed by atoms with Crippen LogP contribution in [0.3, 0.4) is 0 Å². The Kier molecular flexibility index (Phi) is 15.7. The molecule has 0 unspecified atom stereocenters. The first-order chi connectivity index (χ1) is 10.2. The molecule has 0 radical (unpaired) electrons. The van der Waals surface area contributed by atoms with Crippen molar-refractivity contribution in [3.8, 4) is 0 Å². The highest BCUT2D eigenvalue weighted by atomic mass is 16.3. The zero-order valence-electron chi connectivity index (χ0n) is 14.0. The van der Waals surface area contributed by atoms with Crippen molar-refractivity contribution in [3.05, 3.63) is 12.2 Å². The molecule has 21 heavy (non-hydrogen) atoms. The molecule has 0 aromatic rings. The number of allylic oxidation sites excluding steroid dienone is 1. The summed E-state index contributed by atoms with van der Waals surface area (Å²) in [6.07, 6.45) is 18.9. The lowest BCUT2D eigenvalue weighted by Gasteiger charge is -2.11. The molecular formula is C18H37NO2. The minimum absolute atomic E-state index is 0.274. The molecule has 3 heteroatoms. The van der Waals surface area contributed by atoms with E-state index in [4.69, 9.17) is 10.8 Å². The fourth-order valence-electron chi connectivity index (χ4n) is 2.43. The molecule has 0 spiro atoms. The van der Waals surface area contributed by atoms with Crippen molar-refractivity contribution in [3.63, 3.8) is 0 Å². The predicted molar refractivity (Wildman–Crippen MR) is 91.3 cm³/mol. The van der Waals surface area contributed by atoms with E-state index < -0.39 is 12.1 Å². The Bertz CT molecular complexity index is 231. The van der Waals surface area contributed by atoms with E-state index in [2.05, 4.69) is 6.92 Å². The van der Waals surface area contributed by atoms with Gasteiger partial charge in [0, 0.05) is 0 Å². The average Bonchev–Trinajstić information content (AvgIpc) is 2.50. The standard InChI is InChI=1S/C18H37NO2/c1-2-3-4-5-6-7-8-9-10-11-12-13-14-15-17(19)18(21)16-20/h14-15,17-18,20-21H,2-13,16,19H2,1H3/b15-14+/t17-,18-/m0/s1. The molecule has 0 aliphatic heterocycles. The van der Waals surface area contributed by atoms with Gasteiger partial charge in [-0.3, -0.25) is 0 Å². The normalized spacial score (nSPS) is 14.7. The van der Waals surface area contributed by atoms with Crippen LogP contribution < -0.4 is 5.73 Å². The quantitative estimate of drug-likeness (QED) is 0.317. The van der Waals surface area contributed by atoms with Crippen LogP contribution in [-0.4, -0.2) is 29.0 Å². The van der Waals surface area contributed by atoms with Gasteiger partial charge in [-0.2, -0.15) is 0 Å². The zero-order valence-corrected chi connectivity index (χ0v) is 14.0. The number of hydrogen-bond acceptors (Lipinski definition) is 3. The molecule has 0 rings (SSSR count). The van der Waals surface area contributed by atoms with Gasteiger partial charge in [-0.1, -0.05) is 83.3 Å². The van der Waals surface area contributed by atoms with Gasteiger partial charge in [0.2, 0.25) is 0 Å². The van der Waals surface area contributed by atoms with Crippen molar-refractivity contribution in [1.29, 1.82) is 0 Å². The first-order valence-corrected chi connectivity index (χ1v) is 8.93. The third-order valence-electron chi connectivity index (χ3n) is 3.96. The average molecular weight is 299 g/mol. The predicted octanol–water partition coefficient (Wildman–Crippen LogP) is 3.92. The van der Waals surface area contributed by atoms with Crippen LogP contribution in [0.4, 0.5) is 0 Å². The lowest BCUT2D eigenvalue weighted by atomic mass is 10.0. The molecule has 0 saturated heterocycles. The van der Waals surface area contributed by atoms with Gasteiger partial charge >= 0.3 is 0 Å². The number of hydrogen-bond donors (Lipinski definition) is 3. The fraction of sp³-hybridized carbons (Fsp3) is 0.889. The highest BCUT2D eigenvalue weighted by Gasteiger charge is 2.08. The maximum Gasteiger partial charge on any atom is 0.0957 e. The highest BCUT2D eigenvalue weighted by molar-refractivity contribution is 4.94. The van der Waals surface area contributed by atoms with Crippen LogP contribution in [-0.2, 0) is 0 Å². The molecule has 3 nitrogen and oxygen atoms in total. The van der Waals surface area contributed by atoms with Crippen molar-refractivity contribution >= 4 is 0 Å². The Morgan fingerprint density at radius 2 is 1.33 bits per heavy atom. The number of aliphatic hydroxyl groups is 2. The van der Waals surface area contributed by atoms with E-state index in [0.29, 0.717) is 0 Å². The number of rotatable bonds is 15. The van der Waals surface area contributed by atoms with Crippen molar-refractivity contribution in [2.75, 3.05) is 6.61 Å². The van der Waals surface area contributed by atoms with Crippen LogP contribution in [0.15, 0.2) is 12.2 Å². The number of aliphatic hydroxyl groups excluding tert-OH is 2. The third kappa shape index (κ3) is 14.3. The molecule has 0 bridgehead atoms. The Morgan fingerprint density at radius 3 is 1.81 bits per heavy atom. The van der Waals surface area contributed by atoms with Gasteiger partial charge < -0.3 is 15.9 Å². The highest BCUT2D eigenvalue weighted by Crippen LogP contribution is 2.12. The van der Waals surface area contributed by atoms with Crippen LogP contribution in [0.2, 0.25) is 0 Å². The molecular weight excluding hydrogens is 262 g/mol. The van der Waals surface area contributed by atoms with Gasteiger partial charge in [0.25, 0.3) is 0 Å². The number of unbranched alkanes of at least 4 members (excludes halogenated alkanes) is 11. The summed E-state index contributed by atoms with van der Waals surface area (Å²) < 4.78 is 0. The second-order valence-corrected chi connectivity index (χ2v) is 6.08. The van der Waals surface area contributed by atoms with Crippen molar-refractivity contribution in [1.82, 2.24) is 0 Å². The van der Waals surface area contributed by atoms with Gasteiger partial charge in [0.05, 0.1) is 18.8 Å². The fourth-order valence-corrected chi connectivity index (χ4v) is 2.43. The first kappa shape index (κ1) is 20.6. The Labute approximate surface area is 131 Å². The van der Waals surface area contributed by atoms with Crippen LogP contribution in [0.5, 0.6) is 0 Å².